The lowest BCUT2D eigenvalue weighted by Crippen LogP contribution is -2.37. The van der Waals surface area contributed by atoms with Gasteiger partial charge in [0.1, 0.15) is 19.2 Å². The number of aromatic nitrogens is 3. The molecule has 0 aliphatic rings. The van der Waals surface area contributed by atoms with Gasteiger partial charge in [-0.25, -0.2) is 9.67 Å². The van der Waals surface area contributed by atoms with E-state index in [0.717, 1.165) is 21.3 Å². The van der Waals surface area contributed by atoms with E-state index >= 15 is 0 Å². The molecule has 3 rings (SSSR count). The first kappa shape index (κ1) is 18.3. The summed E-state index contributed by atoms with van der Waals surface area (Å²) in [7, 11) is 0. The number of aliphatic hydroxyl groups excluding tert-OH is 1. The minimum absolute atomic E-state index is 0.0569. The highest BCUT2D eigenvalue weighted by molar-refractivity contribution is 9.10. The fourth-order valence-electron chi connectivity index (χ4n) is 2.70. The Balaban J connectivity index is 1.86. The molecule has 0 saturated carbocycles. The average molecular weight is 415 g/mol. The summed E-state index contributed by atoms with van der Waals surface area (Å²) in [5.41, 5.74) is 2.48. The zero-order valence-corrected chi connectivity index (χ0v) is 15.9. The largest absolute Gasteiger partial charge is 0.387 e. The van der Waals surface area contributed by atoms with E-state index < -0.39 is 6.10 Å². The van der Waals surface area contributed by atoms with Crippen LogP contribution in [-0.2, 0) is 11.3 Å². The maximum Gasteiger partial charge on any atom is 0.248 e. The molecule has 1 unspecified atom stereocenters. The molecule has 1 atom stereocenters. The van der Waals surface area contributed by atoms with Gasteiger partial charge in [-0.3, -0.25) is 4.79 Å². The second-order valence-corrected chi connectivity index (χ2v) is 6.87. The molecule has 0 saturated heterocycles. The number of carbonyl (C=O) groups excluding carboxylic acids is 1. The molecule has 1 aromatic heterocycles. The number of benzene rings is 2. The van der Waals surface area contributed by atoms with Crippen molar-refractivity contribution in [3.8, 4) is 0 Å². The summed E-state index contributed by atoms with van der Waals surface area (Å²) in [4.78, 5) is 18.4. The normalized spacial score (nSPS) is 12.0. The fraction of sp³-hybridized carbons (Fsp3) is 0.211. The van der Waals surface area contributed by atoms with Crippen LogP contribution < -0.4 is 4.90 Å². The Bertz CT molecular complexity index is 866. The van der Waals surface area contributed by atoms with Crippen LogP contribution in [0, 0.1) is 6.92 Å². The molecular formula is C19H19BrN4O2. The topological polar surface area (TPSA) is 71.2 Å². The van der Waals surface area contributed by atoms with Crippen LogP contribution in [-0.4, -0.2) is 32.3 Å². The quantitative estimate of drug-likeness (QED) is 0.672. The number of halogens is 1. The summed E-state index contributed by atoms with van der Waals surface area (Å²) in [5.74, 6) is -0.166. The van der Waals surface area contributed by atoms with E-state index in [-0.39, 0.29) is 19.0 Å². The Morgan fingerprint density at radius 2 is 1.96 bits per heavy atom. The van der Waals surface area contributed by atoms with Gasteiger partial charge in [0.25, 0.3) is 0 Å². The Morgan fingerprint density at radius 1 is 1.23 bits per heavy atom. The van der Waals surface area contributed by atoms with Gasteiger partial charge in [0.15, 0.2) is 0 Å². The highest BCUT2D eigenvalue weighted by Crippen LogP contribution is 2.24. The molecule has 6 nitrogen and oxygen atoms in total. The Kier molecular flexibility index (Phi) is 5.80. The summed E-state index contributed by atoms with van der Waals surface area (Å²) in [6.07, 6.45) is 2.09. The summed E-state index contributed by atoms with van der Waals surface area (Å²) < 4.78 is 2.41. The monoisotopic (exact) mass is 414 g/mol. The van der Waals surface area contributed by atoms with Gasteiger partial charge in [-0.05, 0) is 36.2 Å². The summed E-state index contributed by atoms with van der Waals surface area (Å²) in [6.45, 7) is 2.15. The van der Waals surface area contributed by atoms with Gasteiger partial charge in [-0.15, -0.1) is 0 Å². The molecule has 1 amide bonds. The van der Waals surface area contributed by atoms with Gasteiger partial charge in [0.05, 0.1) is 12.6 Å². The third kappa shape index (κ3) is 4.36. The van der Waals surface area contributed by atoms with Crippen molar-refractivity contribution in [2.75, 3.05) is 11.4 Å². The van der Waals surface area contributed by atoms with Gasteiger partial charge in [0, 0.05) is 10.2 Å². The van der Waals surface area contributed by atoms with Crippen molar-refractivity contribution >= 4 is 27.5 Å². The SMILES string of the molecule is Cc1ccccc1N(CC(O)c1ccc(Br)cc1)C(=O)Cn1cncn1. The first-order chi connectivity index (χ1) is 12.5. The number of hydrogen-bond donors (Lipinski definition) is 1. The van der Waals surface area contributed by atoms with Gasteiger partial charge < -0.3 is 10.0 Å². The molecule has 0 aliphatic carbocycles. The zero-order chi connectivity index (χ0) is 18.5. The summed E-state index contributed by atoms with van der Waals surface area (Å²) in [5, 5.41) is 14.7. The van der Waals surface area contributed by atoms with Crippen LogP contribution >= 0.6 is 15.9 Å². The number of anilines is 1. The minimum atomic E-state index is -0.803. The molecule has 0 radical (unpaired) electrons. The maximum absolute atomic E-state index is 12.9. The third-order valence-electron chi connectivity index (χ3n) is 4.08. The molecule has 1 N–H and O–H groups in total. The van der Waals surface area contributed by atoms with Crippen molar-refractivity contribution in [1.82, 2.24) is 14.8 Å². The highest BCUT2D eigenvalue weighted by atomic mass is 79.9. The van der Waals surface area contributed by atoms with E-state index in [0.29, 0.717) is 0 Å². The van der Waals surface area contributed by atoms with Crippen molar-refractivity contribution < 1.29 is 9.90 Å². The smallest absolute Gasteiger partial charge is 0.248 e. The van der Waals surface area contributed by atoms with E-state index in [1.807, 2.05) is 55.5 Å². The molecule has 7 heteroatoms. The predicted octanol–water partition coefficient (Wildman–Crippen LogP) is 3.12. The summed E-state index contributed by atoms with van der Waals surface area (Å²) >= 11 is 3.39. The fourth-order valence-corrected chi connectivity index (χ4v) is 2.97. The Hall–Kier alpha value is -2.51. The molecule has 0 bridgehead atoms. The first-order valence-electron chi connectivity index (χ1n) is 8.16. The molecule has 1 heterocycles. The number of rotatable bonds is 6. The number of aryl methyl sites for hydroxylation is 1. The highest BCUT2D eigenvalue weighted by Gasteiger charge is 2.22. The van der Waals surface area contributed by atoms with Gasteiger partial charge in [-0.1, -0.05) is 46.3 Å². The van der Waals surface area contributed by atoms with Crippen LogP contribution in [0.5, 0.6) is 0 Å². The second-order valence-electron chi connectivity index (χ2n) is 5.95. The van der Waals surface area contributed by atoms with Crippen molar-refractivity contribution in [3.05, 3.63) is 76.8 Å². The van der Waals surface area contributed by atoms with E-state index in [1.54, 1.807) is 4.90 Å². The molecule has 134 valence electrons. The van der Waals surface area contributed by atoms with Gasteiger partial charge >= 0.3 is 0 Å². The first-order valence-corrected chi connectivity index (χ1v) is 8.96. The van der Waals surface area contributed by atoms with Crippen LogP contribution in [0.2, 0.25) is 0 Å². The molecule has 0 aliphatic heterocycles. The lowest BCUT2D eigenvalue weighted by molar-refractivity contribution is -0.119. The van der Waals surface area contributed by atoms with Gasteiger partial charge in [0.2, 0.25) is 5.91 Å². The zero-order valence-electron chi connectivity index (χ0n) is 14.3. The predicted molar refractivity (Wildman–Crippen MR) is 103 cm³/mol. The molecule has 3 aromatic rings. The number of carbonyl (C=O) groups is 1. The Morgan fingerprint density at radius 3 is 2.62 bits per heavy atom. The van der Waals surface area contributed by atoms with Crippen LogP contribution in [0.1, 0.15) is 17.2 Å². The lowest BCUT2D eigenvalue weighted by atomic mass is 10.1. The van der Waals surface area contributed by atoms with Crippen molar-refractivity contribution in [2.45, 2.75) is 19.6 Å². The lowest BCUT2D eigenvalue weighted by Gasteiger charge is -2.27. The molecule has 2 aromatic carbocycles. The Labute approximate surface area is 160 Å². The van der Waals surface area contributed by atoms with Crippen LogP contribution in [0.3, 0.4) is 0 Å². The number of para-hydroxylation sites is 1. The van der Waals surface area contributed by atoms with E-state index in [1.165, 1.54) is 17.3 Å². The standard InChI is InChI=1S/C19H19BrN4O2/c1-14-4-2-3-5-17(14)24(19(26)11-23-13-21-12-22-23)10-18(25)15-6-8-16(20)9-7-15/h2-9,12-13,18,25H,10-11H2,1H3. The number of amides is 1. The van der Waals surface area contributed by atoms with Gasteiger partial charge in [-0.2, -0.15) is 5.10 Å². The molecule has 0 spiro atoms. The molecule has 0 fully saturated rings. The van der Waals surface area contributed by atoms with Crippen molar-refractivity contribution in [2.24, 2.45) is 0 Å². The molecular weight excluding hydrogens is 396 g/mol. The molecule has 26 heavy (non-hydrogen) atoms. The van der Waals surface area contributed by atoms with E-state index in [9.17, 15) is 9.90 Å². The number of aliphatic hydroxyl groups is 1. The van der Waals surface area contributed by atoms with Crippen LogP contribution in [0.15, 0.2) is 65.7 Å². The maximum atomic E-state index is 12.9. The number of hydrogen-bond acceptors (Lipinski definition) is 4. The third-order valence-corrected chi connectivity index (χ3v) is 4.61. The van der Waals surface area contributed by atoms with E-state index in [4.69, 9.17) is 0 Å². The minimum Gasteiger partial charge on any atom is -0.387 e. The van der Waals surface area contributed by atoms with Crippen molar-refractivity contribution in [3.63, 3.8) is 0 Å². The number of nitrogens with zero attached hydrogens (tertiary/aromatic N) is 4. The van der Waals surface area contributed by atoms with Crippen molar-refractivity contribution in [1.29, 1.82) is 0 Å². The average Bonchev–Trinajstić information content (AvgIpc) is 3.13. The van der Waals surface area contributed by atoms with E-state index in [2.05, 4.69) is 26.0 Å². The van der Waals surface area contributed by atoms with Crippen LogP contribution in [0.25, 0.3) is 0 Å². The second kappa shape index (κ2) is 8.25. The van der Waals surface area contributed by atoms with Crippen LogP contribution in [0.4, 0.5) is 5.69 Å². The summed E-state index contributed by atoms with van der Waals surface area (Å²) in [6, 6.07) is 15.0.